The zero-order valence-corrected chi connectivity index (χ0v) is 11.8. The Morgan fingerprint density at radius 1 is 0.727 bits per heavy atom. The van der Waals surface area contributed by atoms with Gasteiger partial charge in [0.05, 0.1) is 11.7 Å². The summed E-state index contributed by atoms with van der Waals surface area (Å²) >= 11 is 0. The van der Waals surface area contributed by atoms with E-state index in [4.69, 9.17) is 4.42 Å². The Balaban J connectivity index is 1.79. The molecule has 1 aliphatic rings. The molecule has 22 heavy (non-hydrogen) atoms. The molecule has 0 spiro atoms. The van der Waals surface area contributed by atoms with E-state index in [1.165, 1.54) is 16.3 Å². The molecular formula is C19H14N2O. The lowest BCUT2D eigenvalue weighted by molar-refractivity contribution is 0.646. The Hall–Kier alpha value is -2.78. The Morgan fingerprint density at radius 2 is 1.50 bits per heavy atom. The summed E-state index contributed by atoms with van der Waals surface area (Å²) in [5, 5.41) is 2.33. The Kier molecular flexibility index (Phi) is 2.34. The van der Waals surface area contributed by atoms with E-state index in [0.29, 0.717) is 0 Å². The molecule has 1 aromatic heterocycles. The van der Waals surface area contributed by atoms with E-state index >= 15 is 0 Å². The molecule has 3 nitrogen and oxygen atoms in total. The number of rotatable bonds is 1. The van der Waals surface area contributed by atoms with Gasteiger partial charge in [0.15, 0.2) is 0 Å². The zero-order valence-electron chi connectivity index (χ0n) is 11.8. The van der Waals surface area contributed by atoms with Gasteiger partial charge in [0, 0.05) is 16.3 Å². The van der Waals surface area contributed by atoms with Crippen LogP contribution in [-0.4, -0.2) is 0 Å². The van der Waals surface area contributed by atoms with Gasteiger partial charge < -0.3 is 9.84 Å². The van der Waals surface area contributed by atoms with Crippen molar-refractivity contribution in [1.82, 2.24) is 5.43 Å². The van der Waals surface area contributed by atoms with Crippen molar-refractivity contribution in [3.8, 4) is 0 Å². The van der Waals surface area contributed by atoms with Gasteiger partial charge in [-0.1, -0.05) is 54.6 Å². The van der Waals surface area contributed by atoms with Crippen molar-refractivity contribution >= 4 is 27.6 Å². The molecule has 3 heteroatoms. The van der Waals surface area contributed by atoms with Crippen LogP contribution < -0.4 is 10.9 Å². The van der Waals surface area contributed by atoms with Crippen LogP contribution in [0.5, 0.6) is 0 Å². The lowest BCUT2D eigenvalue weighted by Gasteiger charge is -2.11. The van der Waals surface area contributed by atoms with E-state index < -0.39 is 0 Å². The highest BCUT2D eigenvalue weighted by atomic mass is 16.3. The second-order valence-corrected chi connectivity index (χ2v) is 5.61. The molecule has 3 aromatic carbocycles. The third-order valence-electron chi connectivity index (χ3n) is 4.37. The standard InChI is InChI=1S/C19H14N2O/c1-3-10-16-14(7-1)18(21-20-16)15-9-5-8-13-12-6-2-4-11-17(12)22-19(13)15/h1-11,18,20-21H. The van der Waals surface area contributed by atoms with Gasteiger partial charge in [0.25, 0.3) is 0 Å². The summed E-state index contributed by atoms with van der Waals surface area (Å²) in [7, 11) is 0. The highest BCUT2D eigenvalue weighted by Gasteiger charge is 2.26. The van der Waals surface area contributed by atoms with E-state index in [0.717, 1.165) is 22.4 Å². The molecule has 0 bridgehead atoms. The van der Waals surface area contributed by atoms with Crippen molar-refractivity contribution in [3.05, 3.63) is 77.9 Å². The molecule has 1 aliphatic heterocycles. The van der Waals surface area contributed by atoms with E-state index in [2.05, 4.69) is 59.4 Å². The fourth-order valence-corrected chi connectivity index (χ4v) is 3.33. The van der Waals surface area contributed by atoms with Crippen LogP contribution in [0.25, 0.3) is 21.9 Å². The summed E-state index contributed by atoms with van der Waals surface area (Å²) in [5.74, 6) is 0. The van der Waals surface area contributed by atoms with Crippen LogP contribution in [0.4, 0.5) is 5.69 Å². The number of nitrogens with one attached hydrogen (secondary N) is 2. The predicted octanol–water partition coefficient (Wildman–Crippen LogP) is 4.61. The normalized spacial score (nSPS) is 16.8. The summed E-state index contributed by atoms with van der Waals surface area (Å²) in [6.07, 6.45) is 0. The van der Waals surface area contributed by atoms with Gasteiger partial charge >= 0.3 is 0 Å². The maximum atomic E-state index is 6.14. The summed E-state index contributed by atoms with van der Waals surface area (Å²) in [6.45, 7) is 0. The minimum Gasteiger partial charge on any atom is -0.456 e. The number of hydrogen-bond acceptors (Lipinski definition) is 3. The quantitative estimate of drug-likeness (QED) is 0.536. The fraction of sp³-hybridized carbons (Fsp3) is 0.0526. The van der Waals surface area contributed by atoms with Gasteiger partial charge in [-0.2, -0.15) is 0 Å². The zero-order chi connectivity index (χ0) is 14.5. The molecule has 0 amide bonds. The Bertz CT molecular complexity index is 1000. The van der Waals surface area contributed by atoms with Gasteiger partial charge in [-0.05, 0) is 17.7 Å². The summed E-state index contributed by atoms with van der Waals surface area (Å²) in [5.41, 5.74) is 12.0. The molecule has 0 radical (unpaired) electrons. The van der Waals surface area contributed by atoms with Gasteiger partial charge in [-0.25, -0.2) is 5.43 Å². The first kappa shape index (κ1) is 11.8. The molecule has 0 saturated heterocycles. The molecule has 0 fully saturated rings. The smallest absolute Gasteiger partial charge is 0.140 e. The number of benzene rings is 3. The van der Waals surface area contributed by atoms with Crippen LogP contribution in [0.15, 0.2) is 71.1 Å². The molecule has 1 unspecified atom stereocenters. The number of hydrazine groups is 1. The highest BCUT2D eigenvalue weighted by Crippen LogP contribution is 2.38. The number of anilines is 1. The summed E-state index contributed by atoms with van der Waals surface area (Å²) in [4.78, 5) is 0. The molecule has 2 N–H and O–H groups in total. The second kappa shape index (κ2) is 4.36. The second-order valence-electron chi connectivity index (χ2n) is 5.61. The molecule has 4 aromatic rings. The van der Waals surface area contributed by atoms with Gasteiger partial charge in [-0.15, -0.1) is 0 Å². The molecule has 0 saturated carbocycles. The van der Waals surface area contributed by atoms with E-state index in [-0.39, 0.29) is 6.04 Å². The van der Waals surface area contributed by atoms with Crippen molar-refractivity contribution in [2.45, 2.75) is 6.04 Å². The molecule has 2 heterocycles. The predicted molar refractivity (Wildman–Crippen MR) is 88.8 cm³/mol. The van der Waals surface area contributed by atoms with Crippen LogP contribution in [0.1, 0.15) is 17.2 Å². The van der Waals surface area contributed by atoms with Crippen molar-refractivity contribution in [1.29, 1.82) is 0 Å². The first-order valence-corrected chi connectivity index (χ1v) is 7.42. The SMILES string of the molecule is c1ccc2c(c1)NNC2c1cccc2c1oc1ccccc12. The lowest BCUT2D eigenvalue weighted by atomic mass is 9.97. The third kappa shape index (κ3) is 1.54. The van der Waals surface area contributed by atoms with Crippen molar-refractivity contribution in [2.75, 3.05) is 5.43 Å². The first-order chi connectivity index (χ1) is 10.9. The lowest BCUT2D eigenvalue weighted by Crippen LogP contribution is -2.19. The van der Waals surface area contributed by atoms with Crippen molar-refractivity contribution in [2.24, 2.45) is 0 Å². The van der Waals surface area contributed by atoms with Crippen LogP contribution in [0.2, 0.25) is 0 Å². The minimum absolute atomic E-state index is 0.0977. The number of hydrogen-bond donors (Lipinski definition) is 2. The van der Waals surface area contributed by atoms with Gasteiger partial charge in [-0.3, -0.25) is 0 Å². The molecule has 106 valence electrons. The topological polar surface area (TPSA) is 37.2 Å². The first-order valence-electron chi connectivity index (χ1n) is 7.42. The maximum absolute atomic E-state index is 6.14. The van der Waals surface area contributed by atoms with E-state index in [1.54, 1.807) is 0 Å². The van der Waals surface area contributed by atoms with E-state index in [9.17, 15) is 0 Å². The summed E-state index contributed by atoms with van der Waals surface area (Å²) in [6, 6.07) is 23.0. The molecular weight excluding hydrogens is 272 g/mol. The van der Waals surface area contributed by atoms with Crippen LogP contribution in [0, 0.1) is 0 Å². The van der Waals surface area contributed by atoms with Gasteiger partial charge in [0.2, 0.25) is 0 Å². The summed E-state index contributed by atoms with van der Waals surface area (Å²) < 4.78 is 6.14. The van der Waals surface area contributed by atoms with E-state index in [1.807, 2.05) is 18.2 Å². The highest BCUT2D eigenvalue weighted by molar-refractivity contribution is 6.06. The van der Waals surface area contributed by atoms with Crippen molar-refractivity contribution in [3.63, 3.8) is 0 Å². The average Bonchev–Trinajstić information content (AvgIpc) is 3.16. The van der Waals surface area contributed by atoms with Crippen molar-refractivity contribution < 1.29 is 4.42 Å². The molecule has 5 rings (SSSR count). The van der Waals surface area contributed by atoms with Crippen LogP contribution in [-0.2, 0) is 0 Å². The molecule has 1 atom stereocenters. The third-order valence-corrected chi connectivity index (χ3v) is 4.37. The Labute approximate surface area is 127 Å². The maximum Gasteiger partial charge on any atom is 0.140 e. The van der Waals surface area contributed by atoms with Gasteiger partial charge in [0.1, 0.15) is 11.2 Å². The Morgan fingerprint density at radius 3 is 2.50 bits per heavy atom. The van der Waals surface area contributed by atoms with Crippen LogP contribution >= 0.6 is 0 Å². The minimum atomic E-state index is 0.0977. The average molecular weight is 286 g/mol. The van der Waals surface area contributed by atoms with Crippen LogP contribution in [0.3, 0.4) is 0 Å². The number of furan rings is 1. The molecule has 0 aliphatic carbocycles. The monoisotopic (exact) mass is 286 g/mol. The number of fused-ring (bicyclic) bond motifs is 4. The largest absolute Gasteiger partial charge is 0.456 e. The number of para-hydroxylation sites is 3. The fourth-order valence-electron chi connectivity index (χ4n) is 3.33.